The molecule has 0 N–H and O–H groups in total. The quantitative estimate of drug-likeness (QED) is 0.549. The Morgan fingerprint density at radius 3 is 2.57 bits per heavy atom. The molecule has 2 atom stereocenters. The van der Waals surface area contributed by atoms with Crippen molar-refractivity contribution in [2.75, 3.05) is 0 Å². The maximum atomic E-state index is 13.7. The summed E-state index contributed by atoms with van der Waals surface area (Å²) < 4.78 is 63.1. The molecule has 0 amide bonds. The summed E-state index contributed by atoms with van der Waals surface area (Å²) in [6, 6.07) is 3.82. The van der Waals surface area contributed by atoms with Gasteiger partial charge in [-0.15, -0.1) is 0 Å². The SMILES string of the molecule is C[C@H]1c2c(c(=O)oc3c(F)cccc23)O[C@@]1(C)C(F)(F)F. The Hall–Kier alpha value is -2.05. The van der Waals surface area contributed by atoms with Crippen molar-refractivity contribution >= 4 is 11.0 Å². The molecule has 0 saturated heterocycles. The minimum atomic E-state index is -4.68. The molecule has 0 spiro atoms. The largest absolute Gasteiger partial charge is 0.470 e. The standard InChI is InChI=1S/C14H10F4O3/c1-6-9-7-4-3-5-8(15)10(7)20-12(19)11(9)21-13(6,2)14(16,17)18/h3-6H,1-2H3/t6-,13+/m0/s1. The molecule has 0 unspecified atom stereocenters. The van der Waals surface area contributed by atoms with Crippen LogP contribution < -0.4 is 10.4 Å². The van der Waals surface area contributed by atoms with E-state index in [-0.39, 0.29) is 16.5 Å². The van der Waals surface area contributed by atoms with Crippen LogP contribution in [0.3, 0.4) is 0 Å². The van der Waals surface area contributed by atoms with Crippen molar-refractivity contribution in [2.45, 2.75) is 31.5 Å². The lowest BCUT2D eigenvalue weighted by Crippen LogP contribution is -2.48. The Morgan fingerprint density at radius 2 is 1.95 bits per heavy atom. The number of hydrogen-bond acceptors (Lipinski definition) is 3. The van der Waals surface area contributed by atoms with E-state index >= 15 is 0 Å². The van der Waals surface area contributed by atoms with E-state index < -0.39 is 34.9 Å². The number of rotatable bonds is 0. The lowest BCUT2D eigenvalue weighted by atomic mass is 9.85. The first-order valence-corrected chi connectivity index (χ1v) is 6.18. The summed E-state index contributed by atoms with van der Waals surface area (Å²) in [6.07, 6.45) is -4.68. The topological polar surface area (TPSA) is 39.4 Å². The Kier molecular flexibility index (Phi) is 2.64. The van der Waals surface area contributed by atoms with Crippen molar-refractivity contribution < 1.29 is 26.7 Å². The van der Waals surface area contributed by atoms with Crippen LogP contribution in [0.4, 0.5) is 17.6 Å². The van der Waals surface area contributed by atoms with E-state index in [2.05, 4.69) is 0 Å². The number of ether oxygens (including phenoxy) is 1. The second kappa shape index (κ2) is 3.99. The number of halogens is 4. The Balaban J connectivity index is 2.37. The minimum absolute atomic E-state index is 0.0283. The molecule has 0 fully saturated rings. The smallest absolute Gasteiger partial charge is 0.428 e. The average molecular weight is 302 g/mol. The monoisotopic (exact) mass is 302 g/mol. The zero-order chi connectivity index (χ0) is 15.6. The van der Waals surface area contributed by atoms with E-state index in [1.165, 1.54) is 19.1 Å². The highest BCUT2D eigenvalue weighted by Crippen LogP contribution is 2.52. The van der Waals surface area contributed by atoms with Crippen LogP contribution in [0.1, 0.15) is 25.3 Å². The summed E-state index contributed by atoms with van der Waals surface area (Å²) in [7, 11) is 0. The maximum absolute atomic E-state index is 13.7. The molecule has 0 radical (unpaired) electrons. The van der Waals surface area contributed by atoms with Gasteiger partial charge in [-0.3, -0.25) is 0 Å². The van der Waals surface area contributed by atoms with Crippen LogP contribution in [0.15, 0.2) is 27.4 Å². The maximum Gasteiger partial charge on any atom is 0.428 e. The number of fused-ring (bicyclic) bond motifs is 3. The van der Waals surface area contributed by atoms with Crippen molar-refractivity contribution in [3.05, 3.63) is 40.0 Å². The third-order valence-corrected chi connectivity index (χ3v) is 4.02. The summed E-state index contributed by atoms with van der Waals surface area (Å²) in [4.78, 5) is 11.8. The molecule has 1 aromatic heterocycles. The summed E-state index contributed by atoms with van der Waals surface area (Å²) >= 11 is 0. The van der Waals surface area contributed by atoms with Crippen LogP contribution >= 0.6 is 0 Å². The van der Waals surface area contributed by atoms with Gasteiger partial charge in [-0.05, 0) is 13.0 Å². The average Bonchev–Trinajstić information content (AvgIpc) is 2.66. The highest BCUT2D eigenvalue weighted by atomic mass is 19.4. The fourth-order valence-corrected chi connectivity index (χ4v) is 2.60. The molecule has 21 heavy (non-hydrogen) atoms. The van der Waals surface area contributed by atoms with Crippen LogP contribution in [0.25, 0.3) is 11.0 Å². The van der Waals surface area contributed by atoms with E-state index in [0.717, 1.165) is 13.0 Å². The molecule has 0 bridgehead atoms. The summed E-state index contributed by atoms with van der Waals surface area (Å²) in [5, 5.41) is 0.116. The molecule has 1 aromatic carbocycles. The van der Waals surface area contributed by atoms with Crippen molar-refractivity contribution in [3.63, 3.8) is 0 Å². The summed E-state index contributed by atoms with van der Waals surface area (Å²) in [6.45, 7) is 2.16. The minimum Gasteiger partial charge on any atom is -0.470 e. The van der Waals surface area contributed by atoms with Gasteiger partial charge in [-0.1, -0.05) is 19.1 Å². The van der Waals surface area contributed by atoms with Crippen LogP contribution in [0.2, 0.25) is 0 Å². The molecule has 3 rings (SSSR count). The number of benzene rings is 1. The van der Waals surface area contributed by atoms with Gasteiger partial charge in [0.25, 0.3) is 0 Å². The second-order valence-corrected chi connectivity index (χ2v) is 5.18. The van der Waals surface area contributed by atoms with E-state index in [1.54, 1.807) is 0 Å². The van der Waals surface area contributed by atoms with Gasteiger partial charge in [0, 0.05) is 16.9 Å². The van der Waals surface area contributed by atoms with E-state index in [4.69, 9.17) is 9.15 Å². The van der Waals surface area contributed by atoms with E-state index in [9.17, 15) is 22.4 Å². The summed E-state index contributed by atoms with van der Waals surface area (Å²) in [5.41, 5.74) is -3.99. The molecule has 0 saturated carbocycles. The Labute approximate surface area is 116 Å². The molecule has 2 aromatic rings. The van der Waals surface area contributed by atoms with Gasteiger partial charge < -0.3 is 9.15 Å². The molecular weight excluding hydrogens is 292 g/mol. The van der Waals surface area contributed by atoms with Crippen LogP contribution in [0, 0.1) is 5.82 Å². The van der Waals surface area contributed by atoms with Gasteiger partial charge in [-0.2, -0.15) is 13.2 Å². The highest BCUT2D eigenvalue weighted by molar-refractivity contribution is 5.84. The normalized spacial score (nSPS) is 25.0. The van der Waals surface area contributed by atoms with Gasteiger partial charge in [0.1, 0.15) is 0 Å². The fraction of sp³-hybridized carbons (Fsp3) is 0.357. The van der Waals surface area contributed by atoms with Crippen molar-refractivity contribution in [2.24, 2.45) is 0 Å². The fourth-order valence-electron chi connectivity index (χ4n) is 2.60. The first-order chi connectivity index (χ1) is 9.67. The lowest BCUT2D eigenvalue weighted by Gasteiger charge is -2.30. The first kappa shape index (κ1) is 13.9. The number of alkyl halides is 3. The molecular formula is C14H10F4O3. The van der Waals surface area contributed by atoms with Crippen LogP contribution in [0.5, 0.6) is 5.75 Å². The van der Waals surface area contributed by atoms with E-state index in [0.29, 0.717) is 0 Å². The zero-order valence-electron chi connectivity index (χ0n) is 11.0. The Bertz CT molecular complexity index is 793. The zero-order valence-corrected chi connectivity index (χ0v) is 11.0. The molecule has 3 nitrogen and oxygen atoms in total. The van der Waals surface area contributed by atoms with Gasteiger partial charge >= 0.3 is 11.8 Å². The van der Waals surface area contributed by atoms with Crippen LogP contribution in [-0.4, -0.2) is 11.8 Å². The lowest BCUT2D eigenvalue weighted by molar-refractivity contribution is -0.241. The number of hydrogen-bond donors (Lipinski definition) is 0. The second-order valence-electron chi connectivity index (χ2n) is 5.18. The van der Waals surface area contributed by atoms with E-state index in [1.807, 2.05) is 0 Å². The third kappa shape index (κ3) is 1.69. The van der Waals surface area contributed by atoms with Crippen molar-refractivity contribution in [1.29, 1.82) is 0 Å². The molecule has 7 heteroatoms. The van der Waals surface area contributed by atoms with Gasteiger partial charge in [0.2, 0.25) is 11.4 Å². The van der Waals surface area contributed by atoms with Gasteiger partial charge in [0.15, 0.2) is 11.4 Å². The molecule has 2 heterocycles. The molecule has 1 aliphatic rings. The first-order valence-electron chi connectivity index (χ1n) is 6.18. The predicted molar refractivity (Wildman–Crippen MR) is 65.9 cm³/mol. The van der Waals surface area contributed by atoms with Crippen molar-refractivity contribution in [1.82, 2.24) is 0 Å². The van der Waals surface area contributed by atoms with Crippen LogP contribution in [-0.2, 0) is 0 Å². The molecule has 1 aliphatic heterocycles. The van der Waals surface area contributed by atoms with Gasteiger partial charge in [-0.25, -0.2) is 9.18 Å². The summed E-state index contributed by atoms with van der Waals surface area (Å²) in [5.74, 6) is -2.47. The third-order valence-electron chi connectivity index (χ3n) is 4.02. The molecule has 112 valence electrons. The van der Waals surface area contributed by atoms with Crippen molar-refractivity contribution in [3.8, 4) is 5.75 Å². The van der Waals surface area contributed by atoms with Gasteiger partial charge in [0.05, 0.1) is 0 Å². The molecule has 0 aliphatic carbocycles. The number of para-hydroxylation sites is 1. The highest BCUT2D eigenvalue weighted by Gasteiger charge is 2.62. The Morgan fingerprint density at radius 1 is 1.29 bits per heavy atom. The predicted octanol–water partition coefficient (Wildman–Crippen LogP) is 3.75.